The van der Waals surface area contributed by atoms with E-state index in [1.807, 2.05) is 0 Å². The molecule has 524 valence electrons. The Labute approximate surface area is 559 Å². The lowest BCUT2D eigenvalue weighted by Crippen LogP contribution is -2.45. The first-order chi connectivity index (χ1) is 44.6. The summed E-state index contributed by atoms with van der Waals surface area (Å²) in [6.45, 7) is 3.45. The highest BCUT2D eigenvalue weighted by Gasteiger charge is 2.57. The summed E-state index contributed by atoms with van der Waals surface area (Å²) in [5, 5.41) is 9.61. The Kier molecular flexibility index (Phi) is 21.1. The monoisotopic (exact) mass is 1520 g/mol. The van der Waals surface area contributed by atoms with E-state index in [-0.39, 0.29) is 90.2 Å². The van der Waals surface area contributed by atoms with Crippen molar-refractivity contribution in [3.05, 3.63) is 118 Å². The number of phenols is 1. The van der Waals surface area contributed by atoms with Gasteiger partial charge in [-0.2, -0.15) is 39.5 Å². The summed E-state index contributed by atoms with van der Waals surface area (Å²) in [6, 6.07) is 6.92. The van der Waals surface area contributed by atoms with Crippen LogP contribution in [0.2, 0.25) is 15.1 Å². The molecule has 23 nitrogen and oxygen atoms in total. The van der Waals surface area contributed by atoms with Crippen LogP contribution in [0.15, 0.2) is 69.8 Å². The number of phosphoric acid groups is 1. The molecule has 97 heavy (non-hydrogen) atoms. The van der Waals surface area contributed by atoms with E-state index in [1.165, 1.54) is 44.9 Å². The van der Waals surface area contributed by atoms with Crippen molar-refractivity contribution in [3.8, 4) is 17.2 Å². The largest absolute Gasteiger partial charge is 0.524 e. The van der Waals surface area contributed by atoms with Gasteiger partial charge in [0.2, 0.25) is 7.37 Å². The van der Waals surface area contributed by atoms with Crippen molar-refractivity contribution < 1.29 is 149 Å². The second-order valence-corrected chi connectivity index (χ2v) is 33.3. The summed E-state index contributed by atoms with van der Waals surface area (Å²) in [5.74, 6) is -8.76. The van der Waals surface area contributed by atoms with Crippen LogP contribution in [0.3, 0.4) is 0 Å². The van der Waals surface area contributed by atoms with E-state index >= 15 is 0 Å². The van der Waals surface area contributed by atoms with Crippen LogP contribution in [0, 0.1) is 0 Å². The Morgan fingerprint density at radius 1 is 0.443 bits per heavy atom. The van der Waals surface area contributed by atoms with Gasteiger partial charge in [-0.1, -0.05) is 46.0 Å². The molecule has 9 atom stereocenters. The van der Waals surface area contributed by atoms with Gasteiger partial charge in [-0.05, 0) is 55.7 Å². The second-order valence-electron chi connectivity index (χ2n) is 23.3. The first kappa shape index (κ1) is 74.9. The third kappa shape index (κ3) is 16.5. The van der Waals surface area contributed by atoms with Gasteiger partial charge in [0.1, 0.15) is 35.6 Å². The molecule has 0 amide bonds. The number of phenolic OH excluding ortho intramolecular Hbond substituents is 1. The van der Waals surface area contributed by atoms with E-state index in [4.69, 9.17) is 88.8 Å². The van der Waals surface area contributed by atoms with Crippen molar-refractivity contribution in [2.75, 3.05) is 26.7 Å². The Hall–Kier alpha value is -6.27. The number of halogens is 13. The molecule has 3 aromatic rings. The van der Waals surface area contributed by atoms with E-state index in [9.17, 15) is 101 Å². The number of alkyl halides is 9. The van der Waals surface area contributed by atoms with Gasteiger partial charge in [-0.3, -0.25) is 57.5 Å². The molecule has 3 N–H and O–H groups in total. The Morgan fingerprint density at radius 2 is 0.711 bits per heavy atom. The Balaban J connectivity index is 0.000000165. The smallest absolute Gasteiger partial charge is 0.507 e. The molecule has 6 heterocycles. The van der Waals surface area contributed by atoms with Crippen LogP contribution in [0.4, 0.5) is 39.5 Å². The number of phosphoric ester groups is 1. The molecule has 6 aliphatic heterocycles. The van der Waals surface area contributed by atoms with Gasteiger partial charge in [-0.25, -0.2) is 4.57 Å². The zero-order valence-corrected chi connectivity index (χ0v) is 55.5. The highest BCUT2D eigenvalue weighted by molar-refractivity contribution is 7.88. The van der Waals surface area contributed by atoms with E-state index in [0.717, 1.165) is 18.2 Å². The lowest BCUT2D eigenvalue weighted by atomic mass is 9.76. The first-order valence-electron chi connectivity index (χ1n) is 28.3. The molecule has 3 saturated heterocycles. The topological polar surface area (TPSA) is 339 Å². The average molecular weight is 1520 g/mol. The number of ketones is 6. The summed E-state index contributed by atoms with van der Waals surface area (Å²) in [7, 11) is -8.36. The maximum Gasteiger partial charge on any atom is 0.524 e. The lowest BCUT2D eigenvalue weighted by Gasteiger charge is -2.37. The number of Topliss-reactive ketones (excluding diaryl/α,β-unsaturated/α-hetero) is 6. The fourth-order valence-corrected chi connectivity index (χ4v) is 13.7. The standard InChI is InChI=1S/C20H17ClF3O7P.C18H13ClF3O9P.C18H12ClF3O6.C2H6ClOP/c1-32(2,28)31-10-4-3-8(21)13-15(10)18(27)14-9(5-6-20(22,23)24)29-11-7-12(25)30-19(11)16(14)17(13)26;19-6-1-2-8(31-32(26,27)28)13-11(6)15(24)14-12(16(13)25)7(3-4-18(20,21)22)29-9-5-10(23)30-17(9)14;19-6-1-2-7(23)12-11(6)15(25)14-13(16(12)26)8(3-4-18(20,21)22)27-9-5-10(24)28-17(9)14;1-5(2,3)4/h3-4,9,11,19H,5-7H2,1-2H3;1-2,7,9,17H,3-5H2,(H2,26,27,28);1-2,8-9,17,23H,3-5H2;1-2H3/t9-,11+,19-;7-,9+,17-;8-,9+,17-;/m000./s1. The zero-order valence-electron chi connectivity index (χ0n) is 49.8. The van der Waals surface area contributed by atoms with Crippen LogP contribution in [0.1, 0.15) is 120 Å². The van der Waals surface area contributed by atoms with Crippen LogP contribution in [0.25, 0.3) is 0 Å². The van der Waals surface area contributed by atoms with E-state index < -0.39 is 214 Å². The average Bonchev–Trinajstić information content (AvgIpc) is 1.71. The highest BCUT2D eigenvalue weighted by Crippen LogP contribution is 2.52. The summed E-state index contributed by atoms with van der Waals surface area (Å²) >= 11 is 23.4. The number of carbonyl (C=O) groups is 9. The summed E-state index contributed by atoms with van der Waals surface area (Å²) < 4.78 is 191. The number of fused-ring (bicyclic) bond motifs is 9. The number of ether oxygens (including phenoxy) is 6. The number of hydrogen-bond donors (Lipinski definition) is 3. The van der Waals surface area contributed by atoms with Crippen LogP contribution in [0.5, 0.6) is 17.2 Å². The van der Waals surface area contributed by atoms with Gasteiger partial charge in [0, 0.05) is 62.6 Å². The molecule has 0 unspecified atom stereocenters. The maximum atomic E-state index is 13.5. The van der Waals surface area contributed by atoms with Crippen molar-refractivity contribution in [1.82, 2.24) is 0 Å². The number of esters is 3. The van der Waals surface area contributed by atoms with Crippen LogP contribution < -0.4 is 9.05 Å². The number of carbonyl (C=O) groups excluding carboxylic acids is 9. The van der Waals surface area contributed by atoms with Gasteiger partial charge in [-0.15, -0.1) is 0 Å². The zero-order chi connectivity index (χ0) is 72.0. The minimum Gasteiger partial charge on any atom is -0.507 e. The third-order valence-electron chi connectivity index (χ3n) is 15.4. The molecule has 0 spiro atoms. The molecule has 0 bridgehead atoms. The predicted molar refractivity (Wildman–Crippen MR) is 316 cm³/mol. The fourth-order valence-electron chi connectivity index (χ4n) is 12.0. The Morgan fingerprint density at radius 3 is 1.00 bits per heavy atom. The first-order valence-corrected chi connectivity index (χ1v) is 37.0. The molecule has 3 fully saturated rings. The number of hydrogen-bond acceptors (Lipinski definition) is 21. The van der Waals surface area contributed by atoms with Crippen LogP contribution in [-0.2, 0) is 56.5 Å². The molecule has 12 rings (SSSR count). The van der Waals surface area contributed by atoms with Crippen molar-refractivity contribution in [2.24, 2.45) is 0 Å². The van der Waals surface area contributed by atoms with Gasteiger partial charge in [0.25, 0.3) is 0 Å². The SMILES string of the molecule is CP(C)(=O)Cl.CP(C)(=O)Oc1ccc(Cl)c2c1C(=O)C1=C(C2=O)[C@H]2OC(=O)C[C@H]2O[C@H]1CCC(F)(F)F.O=C1C[C@H]2O[C@@H](CCC(F)(F)F)C3=C(C(=O)c4c(Cl)ccc(O)c4C3=O)[C@H]2O1.O=C1C[C@H]2O[C@@H](CCC(F)(F)F)C3=C(C(=O)c4c(Cl)ccc(OP(=O)(O)O)c4C3=O)[C@H]2O1. The van der Waals surface area contributed by atoms with Crippen LogP contribution >= 0.6 is 67.7 Å². The molecule has 0 saturated carbocycles. The van der Waals surface area contributed by atoms with Crippen molar-refractivity contribution >= 4 is 120 Å². The van der Waals surface area contributed by atoms with Crippen molar-refractivity contribution in [2.45, 2.75) is 131 Å². The molecule has 0 aromatic heterocycles. The molecular formula is C58H48Cl4F9O23P3. The van der Waals surface area contributed by atoms with Crippen LogP contribution in [-0.4, -0.2) is 168 Å². The minimum atomic E-state index is -5.18. The third-order valence-corrected chi connectivity index (χ3v) is 17.4. The lowest BCUT2D eigenvalue weighted by molar-refractivity contribution is -0.146. The number of aromatic hydroxyl groups is 1. The molecule has 9 aliphatic rings. The van der Waals surface area contributed by atoms with Gasteiger partial charge in [0.05, 0.1) is 103 Å². The van der Waals surface area contributed by atoms with Gasteiger partial charge in [0.15, 0.2) is 59.5 Å². The Bertz CT molecular complexity index is 4000. The summed E-state index contributed by atoms with van der Waals surface area (Å²) in [6.07, 6.45) is -31.4. The summed E-state index contributed by atoms with van der Waals surface area (Å²) in [4.78, 5) is 133. The van der Waals surface area contributed by atoms with Gasteiger partial charge >= 0.3 is 44.3 Å². The predicted octanol–water partition coefficient (Wildman–Crippen LogP) is 12.2. The molecular weight excluding hydrogens is 1470 g/mol. The minimum absolute atomic E-state index is 0.0986. The highest BCUT2D eigenvalue weighted by atomic mass is 35.7. The number of benzene rings is 3. The fraction of sp³-hybridized carbons (Fsp3) is 0.431. The van der Waals surface area contributed by atoms with E-state index in [1.54, 1.807) is 0 Å². The molecule has 3 aliphatic carbocycles. The molecule has 3 aromatic carbocycles. The summed E-state index contributed by atoms with van der Waals surface area (Å²) in [5.41, 5.74) is -4.20. The van der Waals surface area contributed by atoms with E-state index in [2.05, 4.69) is 4.52 Å². The quantitative estimate of drug-likeness (QED) is 0.0734. The molecule has 39 heteroatoms. The van der Waals surface area contributed by atoms with Gasteiger partial charge < -0.3 is 47.1 Å². The normalized spacial score (nSPS) is 25.0. The second kappa shape index (κ2) is 27.3. The van der Waals surface area contributed by atoms with E-state index in [0.29, 0.717) is 0 Å². The van der Waals surface area contributed by atoms with Crippen molar-refractivity contribution in [1.29, 1.82) is 0 Å². The maximum absolute atomic E-state index is 13.5. The molecule has 0 radical (unpaired) electrons. The van der Waals surface area contributed by atoms with Crippen molar-refractivity contribution in [3.63, 3.8) is 0 Å². The number of rotatable bonds is 10.